The van der Waals surface area contributed by atoms with Crippen molar-refractivity contribution in [2.45, 2.75) is 25.2 Å². The topological polar surface area (TPSA) is 46.5 Å². The van der Waals surface area contributed by atoms with Gasteiger partial charge in [-0.15, -0.1) is 0 Å². The smallest absolute Gasteiger partial charge is 0.314 e. The Hall–Kier alpha value is -1.77. The van der Waals surface area contributed by atoms with E-state index in [1.54, 1.807) is 0 Å². The first-order chi connectivity index (χ1) is 8.04. The van der Waals surface area contributed by atoms with Crippen LogP contribution in [0.2, 0.25) is 0 Å². The molecule has 0 unspecified atom stereocenters. The van der Waals surface area contributed by atoms with Crippen LogP contribution in [-0.4, -0.2) is 17.7 Å². The summed E-state index contributed by atoms with van der Waals surface area (Å²) in [7, 11) is 0. The summed E-state index contributed by atoms with van der Waals surface area (Å²) in [5.74, 6) is 0.0195. The molecule has 1 saturated carbocycles. The molecule has 17 heavy (non-hydrogen) atoms. The Morgan fingerprint density at radius 3 is 2.41 bits per heavy atom. The summed E-state index contributed by atoms with van der Waals surface area (Å²) in [5, 5.41) is 9.16. The molecule has 1 fully saturated rings. The number of hydrogen-bond donors (Lipinski definition) is 1. The summed E-state index contributed by atoms with van der Waals surface area (Å²) in [6.45, 7) is 6.15. The van der Waals surface area contributed by atoms with Crippen molar-refractivity contribution in [1.29, 1.82) is 0 Å². The first kappa shape index (κ1) is 11.7. The number of benzene rings is 1. The van der Waals surface area contributed by atoms with E-state index >= 15 is 0 Å². The molecule has 2 rings (SSSR count). The van der Waals surface area contributed by atoms with E-state index < -0.39 is 11.4 Å². The molecule has 0 bridgehead atoms. The Labute approximate surface area is 101 Å². The van der Waals surface area contributed by atoms with E-state index in [9.17, 15) is 4.79 Å². The second-order valence-corrected chi connectivity index (χ2v) is 4.66. The van der Waals surface area contributed by atoms with Crippen LogP contribution in [0, 0.1) is 0 Å². The normalized spacial score (nSPS) is 16.3. The standard InChI is InChI=1S/C14H16O3/c1-10(2)9-17-12-5-3-11(4-6-12)14(7-8-14)13(15)16/h3-6H,1,7-9H2,2H3,(H,15,16). The predicted octanol–water partition coefficient (Wildman–Crippen LogP) is 2.76. The van der Waals surface area contributed by atoms with Crippen molar-refractivity contribution in [3.8, 4) is 5.75 Å². The van der Waals surface area contributed by atoms with Crippen LogP contribution in [0.15, 0.2) is 36.4 Å². The summed E-state index contributed by atoms with van der Waals surface area (Å²) >= 11 is 0. The van der Waals surface area contributed by atoms with Crippen molar-refractivity contribution in [2.75, 3.05) is 6.61 Å². The van der Waals surface area contributed by atoms with E-state index in [1.807, 2.05) is 31.2 Å². The van der Waals surface area contributed by atoms with E-state index in [0.717, 1.165) is 29.7 Å². The molecular weight excluding hydrogens is 216 g/mol. The van der Waals surface area contributed by atoms with Crippen molar-refractivity contribution in [3.63, 3.8) is 0 Å². The minimum Gasteiger partial charge on any atom is -0.489 e. The van der Waals surface area contributed by atoms with Gasteiger partial charge in [0.2, 0.25) is 0 Å². The number of carboxylic acids is 1. The van der Waals surface area contributed by atoms with Gasteiger partial charge in [0.15, 0.2) is 0 Å². The van der Waals surface area contributed by atoms with Crippen molar-refractivity contribution >= 4 is 5.97 Å². The zero-order valence-electron chi connectivity index (χ0n) is 9.90. The molecule has 0 aromatic heterocycles. The molecule has 3 nitrogen and oxygen atoms in total. The minimum atomic E-state index is -0.729. The molecule has 1 aliphatic carbocycles. The molecule has 1 aromatic carbocycles. The predicted molar refractivity (Wildman–Crippen MR) is 65.3 cm³/mol. The van der Waals surface area contributed by atoms with Crippen LogP contribution in [0.1, 0.15) is 25.3 Å². The number of hydrogen-bond acceptors (Lipinski definition) is 2. The van der Waals surface area contributed by atoms with E-state index in [2.05, 4.69) is 6.58 Å². The summed E-state index contributed by atoms with van der Waals surface area (Å²) in [4.78, 5) is 11.1. The molecular formula is C14H16O3. The van der Waals surface area contributed by atoms with Gasteiger partial charge in [0.05, 0.1) is 5.41 Å². The highest BCUT2D eigenvalue weighted by Crippen LogP contribution is 2.48. The first-order valence-electron chi connectivity index (χ1n) is 5.66. The van der Waals surface area contributed by atoms with Crippen LogP contribution in [0.4, 0.5) is 0 Å². The van der Waals surface area contributed by atoms with Gasteiger partial charge in [-0.1, -0.05) is 18.7 Å². The van der Waals surface area contributed by atoms with Gasteiger partial charge in [-0.3, -0.25) is 4.79 Å². The zero-order chi connectivity index (χ0) is 12.5. The summed E-state index contributed by atoms with van der Waals surface area (Å²) in [6.07, 6.45) is 1.46. The van der Waals surface area contributed by atoms with Crippen LogP contribution < -0.4 is 4.74 Å². The maximum absolute atomic E-state index is 11.1. The number of carbonyl (C=O) groups is 1. The lowest BCUT2D eigenvalue weighted by molar-refractivity contribution is -0.140. The van der Waals surface area contributed by atoms with Crippen molar-refractivity contribution in [3.05, 3.63) is 42.0 Å². The fraction of sp³-hybridized carbons (Fsp3) is 0.357. The Morgan fingerprint density at radius 2 is 2.00 bits per heavy atom. The molecule has 1 aromatic rings. The molecule has 0 aliphatic heterocycles. The molecule has 0 saturated heterocycles. The van der Waals surface area contributed by atoms with E-state index in [4.69, 9.17) is 9.84 Å². The fourth-order valence-electron chi connectivity index (χ4n) is 1.83. The number of aliphatic carboxylic acids is 1. The molecule has 0 amide bonds. The lowest BCUT2D eigenvalue weighted by Gasteiger charge is -2.11. The van der Waals surface area contributed by atoms with Gasteiger partial charge < -0.3 is 9.84 Å². The monoisotopic (exact) mass is 232 g/mol. The summed E-state index contributed by atoms with van der Waals surface area (Å²) < 4.78 is 5.47. The lowest BCUT2D eigenvalue weighted by atomic mass is 9.96. The number of ether oxygens (including phenoxy) is 1. The van der Waals surface area contributed by atoms with Gasteiger partial charge in [0.1, 0.15) is 12.4 Å². The lowest BCUT2D eigenvalue weighted by Crippen LogP contribution is -2.19. The van der Waals surface area contributed by atoms with E-state index in [1.165, 1.54) is 0 Å². The highest BCUT2D eigenvalue weighted by atomic mass is 16.5. The van der Waals surface area contributed by atoms with Crippen LogP contribution in [-0.2, 0) is 10.2 Å². The van der Waals surface area contributed by atoms with Crippen molar-refractivity contribution in [1.82, 2.24) is 0 Å². The molecule has 90 valence electrons. The maximum atomic E-state index is 11.1. The van der Waals surface area contributed by atoms with Gasteiger partial charge in [-0.25, -0.2) is 0 Å². The molecule has 1 N–H and O–H groups in total. The van der Waals surface area contributed by atoms with E-state index in [-0.39, 0.29) is 0 Å². The fourth-order valence-corrected chi connectivity index (χ4v) is 1.83. The Bertz CT molecular complexity index is 441. The Kier molecular flexibility index (Phi) is 2.92. The highest BCUT2D eigenvalue weighted by Gasteiger charge is 2.51. The SMILES string of the molecule is C=C(C)COc1ccc(C2(C(=O)O)CC2)cc1. The van der Waals surface area contributed by atoms with Crippen molar-refractivity contribution < 1.29 is 14.6 Å². The third-order valence-corrected chi connectivity index (χ3v) is 3.05. The van der Waals surface area contributed by atoms with E-state index in [0.29, 0.717) is 6.61 Å². The first-order valence-corrected chi connectivity index (χ1v) is 5.66. The maximum Gasteiger partial charge on any atom is 0.314 e. The van der Waals surface area contributed by atoms with Crippen LogP contribution in [0.25, 0.3) is 0 Å². The summed E-state index contributed by atoms with van der Waals surface area (Å²) in [5.41, 5.74) is 1.19. The largest absolute Gasteiger partial charge is 0.489 e. The quantitative estimate of drug-likeness (QED) is 0.794. The zero-order valence-corrected chi connectivity index (χ0v) is 9.90. The third kappa shape index (κ3) is 2.33. The molecule has 1 aliphatic rings. The van der Waals surface area contributed by atoms with Gasteiger partial charge in [0.25, 0.3) is 0 Å². The van der Waals surface area contributed by atoms with Crippen LogP contribution in [0.5, 0.6) is 5.75 Å². The highest BCUT2D eigenvalue weighted by molar-refractivity contribution is 5.84. The minimum absolute atomic E-state index is 0.490. The van der Waals surface area contributed by atoms with Crippen LogP contribution >= 0.6 is 0 Å². The second kappa shape index (κ2) is 4.24. The number of carboxylic acid groups (broad SMARTS) is 1. The van der Waals surface area contributed by atoms with Gasteiger partial charge in [0, 0.05) is 0 Å². The van der Waals surface area contributed by atoms with Crippen LogP contribution in [0.3, 0.4) is 0 Å². The average Bonchev–Trinajstić information content (AvgIpc) is 3.08. The average molecular weight is 232 g/mol. The second-order valence-electron chi connectivity index (χ2n) is 4.66. The Balaban J connectivity index is 2.08. The molecule has 0 spiro atoms. The van der Waals surface area contributed by atoms with Crippen molar-refractivity contribution in [2.24, 2.45) is 0 Å². The molecule has 3 heteroatoms. The van der Waals surface area contributed by atoms with Gasteiger partial charge >= 0.3 is 5.97 Å². The third-order valence-electron chi connectivity index (χ3n) is 3.05. The number of rotatable bonds is 5. The Morgan fingerprint density at radius 1 is 1.41 bits per heavy atom. The van der Waals surface area contributed by atoms with Gasteiger partial charge in [-0.05, 0) is 43.0 Å². The molecule has 0 heterocycles. The summed E-state index contributed by atoms with van der Waals surface area (Å²) in [6, 6.07) is 7.33. The molecule has 0 atom stereocenters. The molecule has 0 radical (unpaired) electrons. The van der Waals surface area contributed by atoms with Gasteiger partial charge in [-0.2, -0.15) is 0 Å².